The summed E-state index contributed by atoms with van der Waals surface area (Å²) in [7, 11) is 0. The van der Waals surface area contributed by atoms with Gasteiger partial charge in [-0.15, -0.1) is 0 Å². The second-order valence-corrected chi connectivity index (χ2v) is 6.05. The van der Waals surface area contributed by atoms with Gasteiger partial charge in [0.15, 0.2) is 0 Å². The Morgan fingerprint density at radius 2 is 2.29 bits per heavy atom. The molecular weight excluding hydrogens is 323 g/mol. The summed E-state index contributed by atoms with van der Waals surface area (Å²) in [6, 6.07) is 10.2. The molecule has 1 aliphatic heterocycles. The van der Waals surface area contributed by atoms with Crippen molar-refractivity contribution < 1.29 is 0 Å². The first-order chi connectivity index (χ1) is 8.20. The van der Waals surface area contributed by atoms with Crippen molar-refractivity contribution in [3.8, 4) is 0 Å². The van der Waals surface area contributed by atoms with Gasteiger partial charge in [-0.2, -0.15) is 0 Å². The van der Waals surface area contributed by atoms with Crippen molar-refractivity contribution in [2.24, 2.45) is 0 Å². The number of anilines is 1. The van der Waals surface area contributed by atoms with Crippen LogP contribution in [0.3, 0.4) is 0 Å². The molecule has 0 saturated carbocycles. The number of piperidine rings is 1. The molecule has 17 heavy (non-hydrogen) atoms. The van der Waals surface area contributed by atoms with Gasteiger partial charge in [0.25, 0.3) is 0 Å². The number of rotatable bonds is 3. The maximum absolute atomic E-state index is 3.57. The van der Waals surface area contributed by atoms with Gasteiger partial charge in [0, 0.05) is 27.9 Å². The molecule has 0 bridgehead atoms. The Bertz CT molecular complexity index is 367. The monoisotopic (exact) mass is 344 g/mol. The van der Waals surface area contributed by atoms with Crippen LogP contribution in [-0.4, -0.2) is 25.2 Å². The highest BCUT2D eigenvalue weighted by Crippen LogP contribution is 2.25. The van der Waals surface area contributed by atoms with Gasteiger partial charge in [0.05, 0.1) is 0 Å². The van der Waals surface area contributed by atoms with E-state index in [1.165, 1.54) is 28.6 Å². The van der Waals surface area contributed by atoms with Crippen molar-refractivity contribution in [2.45, 2.75) is 38.8 Å². The van der Waals surface area contributed by atoms with Crippen LogP contribution in [0, 0.1) is 3.57 Å². The summed E-state index contributed by atoms with van der Waals surface area (Å²) in [5, 5.41) is 3.57. The molecule has 0 radical (unpaired) electrons. The molecule has 2 unspecified atom stereocenters. The summed E-state index contributed by atoms with van der Waals surface area (Å²) < 4.78 is 1.32. The lowest BCUT2D eigenvalue weighted by molar-refractivity contribution is 0.374. The van der Waals surface area contributed by atoms with Crippen LogP contribution in [0.1, 0.15) is 26.7 Å². The highest BCUT2D eigenvalue weighted by atomic mass is 127. The van der Waals surface area contributed by atoms with Gasteiger partial charge in [0.2, 0.25) is 0 Å². The summed E-state index contributed by atoms with van der Waals surface area (Å²) in [6.45, 7) is 6.78. The molecule has 0 aromatic heterocycles. The third-order valence-corrected chi connectivity index (χ3v) is 4.18. The minimum Gasteiger partial charge on any atom is -0.369 e. The first kappa shape index (κ1) is 13.1. The number of halogens is 1. The van der Waals surface area contributed by atoms with E-state index >= 15 is 0 Å². The Balaban J connectivity index is 2.04. The summed E-state index contributed by atoms with van der Waals surface area (Å²) >= 11 is 2.39. The second kappa shape index (κ2) is 6.05. The highest BCUT2D eigenvalue weighted by molar-refractivity contribution is 14.1. The lowest BCUT2D eigenvalue weighted by Crippen LogP contribution is -2.47. The molecule has 94 valence electrons. The third-order valence-electron chi connectivity index (χ3n) is 3.51. The maximum Gasteiger partial charge on any atom is 0.0379 e. The Labute approximate surface area is 118 Å². The summed E-state index contributed by atoms with van der Waals surface area (Å²) in [5.74, 6) is 0. The Morgan fingerprint density at radius 3 is 2.94 bits per heavy atom. The third kappa shape index (κ3) is 3.35. The van der Waals surface area contributed by atoms with E-state index in [2.05, 4.69) is 70.9 Å². The van der Waals surface area contributed by atoms with Gasteiger partial charge in [0.1, 0.15) is 0 Å². The minimum absolute atomic E-state index is 0.631. The SMILES string of the molecule is CCNC1CCN(c2cccc(I)c2)C(C)C1. The van der Waals surface area contributed by atoms with E-state index in [1.807, 2.05) is 0 Å². The molecule has 0 spiro atoms. The van der Waals surface area contributed by atoms with E-state index in [0.717, 1.165) is 6.54 Å². The van der Waals surface area contributed by atoms with Gasteiger partial charge in [-0.1, -0.05) is 13.0 Å². The lowest BCUT2D eigenvalue weighted by Gasteiger charge is -2.39. The van der Waals surface area contributed by atoms with Crippen molar-refractivity contribution in [3.05, 3.63) is 27.8 Å². The lowest BCUT2D eigenvalue weighted by atomic mass is 9.97. The number of hydrogen-bond donors (Lipinski definition) is 1. The number of nitrogens with one attached hydrogen (secondary N) is 1. The van der Waals surface area contributed by atoms with Crippen molar-refractivity contribution in [1.29, 1.82) is 0 Å². The predicted octanol–water partition coefficient (Wildman–Crippen LogP) is 3.26. The first-order valence-corrected chi connectivity index (χ1v) is 7.54. The molecule has 1 fully saturated rings. The smallest absolute Gasteiger partial charge is 0.0379 e. The average Bonchev–Trinajstić information content (AvgIpc) is 2.29. The van der Waals surface area contributed by atoms with Crippen LogP contribution in [0.2, 0.25) is 0 Å². The molecule has 2 atom stereocenters. The molecular formula is C14H21IN2. The van der Waals surface area contributed by atoms with E-state index in [4.69, 9.17) is 0 Å². The number of benzene rings is 1. The summed E-state index contributed by atoms with van der Waals surface area (Å²) in [6.07, 6.45) is 2.50. The Morgan fingerprint density at radius 1 is 1.47 bits per heavy atom. The fourth-order valence-electron chi connectivity index (χ4n) is 2.68. The molecule has 2 nitrogen and oxygen atoms in total. The van der Waals surface area contributed by atoms with Crippen LogP contribution >= 0.6 is 22.6 Å². The highest BCUT2D eigenvalue weighted by Gasteiger charge is 2.24. The van der Waals surface area contributed by atoms with Crippen LogP contribution in [0.15, 0.2) is 24.3 Å². The molecule has 3 heteroatoms. The van der Waals surface area contributed by atoms with Crippen molar-refractivity contribution in [2.75, 3.05) is 18.0 Å². The maximum atomic E-state index is 3.57. The topological polar surface area (TPSA) is 15.3 Å². The van der Waals surface area contributed by atoms with Crippen LogP contribution in [0.5, 0.6) is 0 Å². The van der Waals surface area contributed by atoms with Crippen molar-refractivity contribution >= 4 is 28.3 Å². The summed E-state index contributed by atoms with van der Waals surface area (Å²) in [4.78, 5) is 2.54. The van der Waals surface area contributed by atoms with Gasteiger partial charge >= 0.3 is 0 Å². The molecule has 0 amide bonds. The fraction of sp³-hybridized carbons (Fsp3) is 0.571. The van der Waals surface area contributed by atoms with E-state index in [-0.39, 0.29) is 0 Å². The molecule has 1 aromatic rings. The molecule has 1 N–H and O–H groups in total. The Hall–Kier alpha value is -0.290. The quantitative estimate of drug-likeness (QED) is 0.847. The van der Waals surface area contributed by atoms with Gasteiger partial charge in [-0.3, -0.25) is 0 Å². The normalized spacial score (nSPS) is 25.0. The largest absolute Gasteiger partial charge is 0.369 e. The molecule has 2 rings (SSSR count). The first-order valence-electron chi connectivity index (χ1n) is 6.46. The molecule has 1 aromatic carbocycles. The van der Waals surface area contributed by atoms with E-state index in [0.29, 0.717) is 12.1 Å². The van der Waals surface area contributed by atoms with Crippen LogP contribution in [0.4, 0.5) is 5.69 Å². The fourth-order valence-corrected chi connectivity index (χ4v) is 3.21. The standard InChI is InChI=1S/C14H21IN2/c1-3-16-13-7-8-17(11(2)9-13)14-6-4-5-12(15)10-14/h4-6,10-11,13,16H,3,7-9H2,1-2H3. The van der Waals surface area contributed by atoms with Crippen LogP contribution in [-0.2, 0) is 0 Å². The number of nitrogens with zero attached hydrogens (tertiary/aromatic N) is 1. The van der Waals surface area contributed by atoms with Crippen LogP contribution < -0.4 is 10.2 Å². The van der Waals surface area contributed by atoms with Gasteiger partial charge < -0.3 is 10.2 Å². The van der Waals surface area contributed by atoms with Crippen molar-refractivity contribution in [1.82, 2.24) is 5.32 Å². The van der Waals surface area contributed by atoms with E-state index in [9.17, 15) is 0 Å². The average molecular weight is 344 g/mol. The number of hydrogen-bond acceptors (Lipinski definition) is 2. The molecule has 1 heterocycles. The van der Waals surface area contributed by atoms with Gasteiger partial charge in [-0.25, -0.2) is 0 Å². The van der Waals surface area contributed by atoms with E-state index < -0.39 is 0 Å². The molecule has 1 saturated heterocycles. The van der Waals surface area contributed by atoms with Gasteiger partial charge in [-0.05, 0) is 67.1 Å². The minimum atomic E-state index is 0.631. The zero-order valence-electron chi connectivity index (χ0n) is 10.6. The molecule has 0 aliphatic carbocycles. The zero-order chi connectivity index (χ0) is 12.3. The van der Waals surface area contributed by atoms with Crippen molar-refractivity contribution in [3.63, 3.8) is 0 Å². The second-order valence-electron chi connectivity index (χ2n) is 4.80. The predicted molar refractivity (Wildman–Crippen MR) is 82.7 cm³/mol. The zero-order valence-corrected chi connectivity index (χ0v) is 12.8. The summed E-state index contributed by atoms with van der Waals surface area (Å²) in [5.41, 5.74) is 1.37. The molecule has 1 aliphatic rings. The Kier molecular flexibility index (Phi) is 4.68. The van der Waals surface area contributed by atoms with Crippen LogP contribution in [0.25, 0.3) is 0 Å². The van der Waals surface area contributed by atoms with E-state index in [1.54, 1.807) is 0 Å².